The van der Waals surface area contributed by atoms with E-state index in [-0.39, 0.29) is 0 Å². The topological polar surface area (TPSA) is 66.6 Å². The third-order valence-corrected chi connectivity index (χ3v) is 3.62. The summed E-state index contributed by atoms with van der Waals surface area (Å²) < 4.78 is 0. The van der Waals surface area contributed by atoms with E-state index in [0.717, 1.165) is 15.3 Å². The first-order chi connectivity index (χ1) is 10.6. The van der Waals surface area contributed by atoms with E-state index in [2.05, 4.69) is 23.7 Å². The Hall–Kier alpha value is -2.73. The number of hydrogen-bond donors (Lipinski definition) is 2. The highest BCUT2D eigenvalue weighted by Gasteiger charge is 2.11. The van der Waals surface area contributed by atoms with Gasteiger partial charge in [0.05, 0.1) is 9.75 Å². The van der Waals surface area contributed by atoms with Gasteiger partial charge in [0.15, 0.2) is 0 Å². The molecule has 1 heterocycles. The van der Waals surface area contributed by atoms with Crippen molar-refractivity contribution in [2.45, 2.75) is 13.0 Å². The molecule has 4 nitrogen and oxygen atoms in total. The molecular weight excluding hydrogens is 296 g/mol. The number of urea groups is 1. The largest absolute Gasteiger partial charge is 0.350 e. The van der Waals surface area contributed by atoms with Gasteiger partial charge in [-0.3, -0.25) is 5.21 Å². The minimum absolute atomic E-state index is 0.400. The fraction of sp³-hybridized carbons (Fsp3) is 0.118. The first kappa shape index (κ1) is 15.7. The molecule has 0 aliphatic heterocycles. The molecule has 2 rings (SSSR count). The normalized spacial score (nSPS) is 10.6. The van der Waals surface area contributed by atoms with E-state index in [1.54, 1.807) is 6.92 Å². The molecule has 0 spiro atoms. The number of primary amides is 1. The van der Waals surface area contributed by atoms with Crippen molar-refractivity contribution >= 4 is 17.4 Å². The quantitative estimate of drug-likeness (QED) is 0.483. The van der Waals surface area contributed by atoms with Crippen LogP contribution in [-0.2, 0) is 0 Å². The molecule has 110 valence electrons. The Bertz CT molecular complexity index is 775. The molecule has 0 saturated carbocycles. The number of rotatable bonds is 1. The molecule has 5 heteroatoms. The van der Waals surface area contributed by atoms with Crippen molar-refractivity contribution in [2.24, 2.45) is 5.73 Å². The third-order valence-electron chi connectivity index (χ3n) is 2.71. The Kier molecular flexibility index (Phi) is 5.21. The smallest absolute Gasteiger partial charge is 0.339 e. The van der Waals surface area contributed by atoms with E-state index in [1.807, 2.05) is 42.5 Å². The van der Waals surface area contributed by atoms with Crippen LogP contribution in [0.4, 0.5) is 4.79 Å². The average Bonchev–Trinajstić information content (AvgIpc) is 2.98. The van der Waals surface area contributed by atoms with E-state index >= 15 is 0 Å². The summed E-state index contributed by atoms with van der Waals surface area (Å²) in [5, 5.41) is 9.73. The molecule has 0 saturated heterocycles. The van der Waals surface area contributed by atoms with Crippen LogP contribution in [0.2, 0.25) is 0 Å². The van der Waals surface area contributed by atoms with Crippen LogP contribution in [0.1, 0.15) is 22.2 Å². The predicted molar refractivity (Wildman–Crippen MR) is 86.3 cm³/mol. The predicted octanol–water partition coefficient (Wildman–Crippen LogP) is 2.66. The molecule has 0 fully saturated rings. The maximum Gasteiger partial charge on any atom is 0.339 e. The van der Waals surface area contributed by atoms with Gasteiger partial charge >= 0.3 is 6.03 Å². The fourth-order valence-corrected chi connectivity index (χ4v) is 2.28. The Morgan fingerprint density at radius 3 is 2.41 bits per heavy atom. The molecule has 1 unspecified atom stereocenters. The zero-order valence-electron chi connectivity index (χ0n) is 11.9. The van der Waals surface area contributed by atoms with Crippen molar-refractivity contribution in [1.29, 1.82) is 0 Å². The van der Waals surface area contributed by atoms with Gasteiger partial charge in [-0.15, -0.1) is 11.3 Å². The highest BCUT2D eigenvalue weighted by atomic mass is 32.1. The molecule has 0 radical (unpaired) electrons. The van der Waals surface area contributed by atoms with Gasteiger partial charge < -0.3 is 5.73 Å². The summed E-state index contributed by atoms with van der Waals surface area (Å²) >= 11 is 1.45. The molecule has 1 aromatic heterocycles. The van der Waals surface area contributed by atoms with Gasteiger partial charge in [-0.1, -0.05) is 41.9 Å². The molecule has 1 atom stereocenters. The average molecular weight is 310 g/mol. The van der Waals surface area contributed by atoms with Gasteiger partial charge in [-0.25, -0.2) is 4.79 Å². The van der Waals surface area contributed by atoms with Gasteiger partial charge in [-0.05, 0) is 31.2 Å². The Labute approximate surface area is 133 Å². The second kappa shape index (κ2) is 7.33. The molecular formula is C17H14N2O2S. The van der Waals surface area contributed by atoms with Gasteiger partial charge in [0.2, 0.25) is 0 Å². The van der Waals surface area contributed by atoms with Crippen molar-refractivity contribution in [3.05, 3.63) is 57.8 Å². The maximum atomic E-state index is 10.8. The van der Waals surface area contributed by atoms with Crippen LogP contribution < -0.4 is 5.73 Å². The van der Waals surface area contributed by atoms with Crippen LogP contribution >= 0.6 is 11.3 Å². The van der Waals surface area contributed by atoms with Gasteiger partial charge in [0.25, 0.3) is 0 Å². The minimum atomic E-state index is -0.928. The summed E-state index contributed by atoms with van der Waals surface area (Å²) in [6.07, 6.45) is 0. The molecule has 0 bridgehead atoms. The number of nitrogens with two attached hydrogens (primary N) is 1. The van der Waals surface area contributed by atoms with Crippen molar-refractivity contribution in [2.75, 3.05) is 0 Å². The number of nitrogens with zero attached hydrogens (tertiary/aromatic N) is 1. The lowest BCUT2D eigenvalue weighted by Crippen LogP contribution is -2.38. The van der Waals surface area contributed by atoms with E-state index < -0.39 is 12.1 Å². The lowest BCUT2D eigenvalue weighted by atomic mass is 10.2. The van der Waals surface area contributed by atoms with E-state index in [4.69, 9.17) is 5.73 Å². The number of carbonyl (C=O) groups excluding carboxylic acids is 1. The lowest BCUT2D eigenvalue weighted by Gasteiger charge is -2.14. The van der Waals surface area contributed by atoms with Crippen molar-refractivity contribution in [3.8, 4) is 23.7 Å². The molecule has 2 amide bonds. The summed E-state index contributed by atoms with van der Waals surface area (Å²) in [6, 6.07) is 11.9. The highest BCUT2D eigenvalue weighted by molar-refractivity contribution is 7.13. The number of hydrogen-bond acceptors (Lipinski definition) is 3. The first-order valence-corrected chi connectivity index (χ1v) is 7.34. The van der Waals surface area contributed by atoms with Crippen LogP contribution in [-0.4, -0.2) is 22.3 Å². The number of thiophene rings is 1. The zero-order valence-corrected chi connectivity index (χ0v) is 12.7. The Balaban J connectivity index is 2.07. The summed E-state index contributed by atoms with van der Waals surface area (Å²) in [5.41, 5.74) is 5.91. The standard InChI is InChI=1S/C17H14N2O2S/c1-13(19(21)17(18)20)7-9-15-11-12-16(22-15)10-8-14-5-3-2-4-6-14/h2-6,11-13,21H,1H3,(H2,18,20). The number of hydroxylamine groups is 2. The second-order valence-electron chi connectivity index (χ2n) is 4.41. The number of amides is 2. The molecule has 0 aliphatic rings. The summed E-state index contributed by atoms with van der Waals surface area (Å²) in [6.45, 7) is 1.58. The second-order valence-corrected chi connectivity index (χ2v) is 5.49. The minimum Gasteiger partial charge on any atom is -0.350 e. The van der Waals surface area contributed by atoms with Crippen molar-refractivity contribution in [1.82, 2.24) is 5.06 Å². The van der Waals surface area contributed by atoms with Gasteiger partial charge in [0, 0.05) is 5.56 Å². The van der Waals surface area contributed by atoms with E-state index in [9.17, 15) is 10.0 Å². The number of carbonyl (C=O) groups is 1. The molecule has 3 N–H and O–H groups in total. The van der Waals surface area contributed by atoms with Crippen LogP contribution in [0, 0.1) is 23.7 Å². The third kappa shape index (κ3) is 4.39. The number of benzene rings is 1. The summed E-state index contributed by atoms with van der Waals surface area (Å²) in [5.74, 6) is 11.8. The highest BCUT2D eigenvalue weighted by Crippen LogP contribution is 2.14. The van der Waals surface area contributed by atoms with Crippen molar-refractivity contribution in [3.63, 3.8) is 0 Å². The Morgan fingerprint density at radius 2 is 1.77 bits per heavy atom. The SMILES string of the molecule is CC(C#Cc1ccc(C#Cc2ccccc2)s1)N(O)C(N)=O. The van der Waals surface area contributed by atoms with Gasteiger partial charge in [-0.2, -0.15) is 5.06 Å². The van der Waals surface area contributed by atoms with Crippen LogP contribution in [0.25, 0.3) is 0 Å². The van der Waals surface area contributed by atoms with Crippen LogP contribution in [0.15, 0.2) is 42.5 Å². The monoisotopic (exact) mass is 310 g/mol. The van der Waals surface area contributed by atoms with E-state index in [0.29, 0.717) is 5.06 Å². The molecule has 0 aliphatic carbocycles. The summed E-state index contributed by atoms with van der Waals surface area (Å²) in [7, 11) is 0. The van der Waals surface area contributed by atoms with Crippen LogP contribution in [0.5, 0.6) is 0 Å². The van der Waals surface area contributed by atoms with E-state index in [1.165, 1.54) is 11.3 Å². The first-order valence-electron chi connectivity index (χ1n) is 6.52. The molecule has 22 heavy (non-hydrogen) atoms. The Morgan fingerprint density at radius 1 is 1.14 bits per heavy atom. The fourth-order valence-electron chi connectivity index (χ4n) is 1.56. The summed E-state index contributed by atoms with van der Waals surface area (Å²) in [4.78, 5) is 12.5. The maximum absolute atomic E-state index is 10.8. The van der Waals surface area contributed by atoms with Crippen LogP contribution in [0.3, 0.4) is 0 Å². The molecule has 1 aromatic carbocycles. The van der Waals surface area contributed by atoms with Crippen molar-refractivity contribution < 1.29 is 10.0 Å². The zero-order chi connectivity index (χ0) is 15.9. The lowest BCUT2D eigenvalue weighted by molar-refractivity contribution is -0.0536. The molecule has 2 aromatic rings. The van der Waals surface area contributed by atoms with Gasteiger partial charge in [0.1, 0.15) is 6.04 Å².